The first-order valence-corrected chi connectivity index (χ1v) is 7.76. The Bertz CT molecular complexity index is 805. The van der Waals surface area contributed by atoms with Crippen molar-refractivity contribution in [2.75, 3.05) is 18.9 Å². The van der Waals surface area contributed by atoms with Crippen molar-refractivity contribution in [1.82, 2.24) is 4.90 Å². The lowest BCUT2D eigenvalue weighted by molar-refractivity contribution is -0.117. The zero-order chi connectivity index (χ0) is 17.7. The average molecular weight is 366 g/mol. The van der Waals surface area contributed by atoms with Gasteiger partial charge in [-0.25, -0.2) is 4.39 Å². The summed E-state index contributed by atoms with van der Waals surface area (Å²) in [4.78, 5) is 13.7. The van der Waals surface area contributed by atoms with E-state index in [1.165, 1.54) is 6.07 Å². The highest BCUT2D eigenvalue weighted by atomic mass is 35.5. The topological polar surface area (TPSA) is 56.1 Å². The van der Waals surface area contributed by atoms with Crippen molar-refractivity contribution in [3.8, 4) is 6.07 Å². The molecule has 1 amide bonds. The Balaban J connectivity index is 1.94. The third-order valence-corrected chi connectivity index (χ3v) is 3.98. The van der Waals surface area contributed by atoms with E-state index in [-0.39, 0.29) is 24.6 Å². The summed E-state index contributed by atoms with van der Waals surface area (Å²) in [5, 5.41) is 12.2. The fourth-order valence-corrected chi connectivity index (χ4v) is 2.41. The predicted octanol–water partition coefficient (Wildman–Crippen LogP) is 4.07. The lowest BCUT2D eigenvalue weighted by Gasteiger charge is -2.17. The fourth-order valence-electron chi connectivity index (χ4n) is 2.11. The highest BCUT2D eigenvalue weighted by Crippen LogP contribution is 2.25. The molecule has 4 nitrogen and oxygen atoms in total. The minimum Gasteiger partial charge on any atom is -0.325 e. The van der Waals surface area contributed by atoms with Gasteiger partial charge in [-0.3, -0.25) is 9.69 Å². The minimum atomic E-state index is -0.467. The van der Waals surface area contributed by atoms with Crippen LogP contribution >= 0.6 is 23.2 Å². The quantitative estimate of drug-likeness (QED) is 0.868. The van der Waals surface area contributed by atoms with E-state index < -0.39 is 5.82 Å². The van der Waals surface area contributed by atoms with E-state index in [2.05, 4.69) is 5.32 Å². The third kappa shape index (κ3) is 4.93. The molecule has 0 atom stereocenters. The molecule has 0 radical (unpaired) electrons. The Morgan fingerprint density at radius 1 is 1.25 bits per heavy atom. The molecule has 0 saturated heterocycles. The van der Waals surface area contributed by atoms with Crippen LogP contribution in [-0.4, -0.2) is 24.4 Å². The van der Waals surface area contributed by atoms with Crippen LogP contribution in [0.4, 0.5) is 10.1 Å². The molecule has 1 N–H and O–H groups in total. The maximum Gasteiger partial charge on any atom is 0.238 e. The van der Waals surface area contributed by atoms with Gasteiger partial charge in [0.25, 0.3) is 0 Å². The van der Waals surface area contributed by atoms with Crippen LogP contribution in [0.5, 0.6) is 0 Å². The van der Waals surface area contributed by atoms with E-state index in [0.717, 1.165) is 0 Å². The van der Waals surface area contributed by atoms with Crippen LogP contribution in [-0.2, 0) is 11.3 Å². The molecule has 0 heterocycles. The maximum atomic E-state index is 13.9. The van der Waals surface area contributed by atoms with Crippen LogP contribution in [0.2, 0.25) is 10.0 Å². The van der Waals surface area contributed by atoms with E-state index in [9.17, 15) is 9.18 Å². The second-order valence-electron chi connectivity index (χ2n) is 5.27. The van der Waals surface area contributed by atoms with Gasteiger partial charge >= 0.3 is 0 Å². The normalized spacial score (nSPS) is 10.5. The van der Waals surface area contributed by atoms with Gasteiger partial charge in [0.05, 0.1) is 28.2 Å². The Kier molecular flexibility index (Phi) is 6.16. The molecule has 0 saturated carbocycles. The lowest BCUT2D eigenvalue weighted by Crippen LogP contribution is -2.30. The van der Waals surface area contributed by atoms with Crippen molar-refractivity contribution in [3.05, 3.63) is 63.4 Å². The van der Waals surface area contributed by atoms with Gasteiger partial charge in [-0.05, 0) is 37.4 Å². The van der Waals surface area contributed by atoms with Gasteiger partial charge in [0.1, 0.15) is 5.82 Å². The van der Waals surface area contributed by atoms with Crippen LogP contribution in [0, 0.1) is 17.1 Å². The molecular formula is C17H14Cl2FN3O. The number of rotatable bonds is 5. The number of likely N-dealkylation sites (N-methyl/N-ethyl adjacent to an activating group) is 1. The highest BCUT2D eigenvalue weighted by molar-refractivity contribution is 6.42. The Morgan fingerprint density at radius 3 is 2.62 bits per heavy atom. The van der Waals surface area contributed by atoms with Crippen LogP contribution in [0.15, 0.2) is 36.4 Å². The Morgan fingerprint density at radius 2 is 2.00 bits per heavy atom. The van der Waals surface area contributed by atoms with Gasteiger partial charge in [-0.2, -0.15) is 5.26 Å². The van der Waals surface area contributed by atoms with Gasteiger partial charge in [0.15, 0.2) is 0 Å². The SMILES string of the molecule is CN(CC(=O)Nc1ccc(Cl)c(Cl)c1)Cc1ccc(C#N)cc1F. The smallest absolute Gasteiger partial charge is 0.238 e. The number of halogens is 3. The Labute approximate surface area is 149 Å². The first-order valence-electron chi connectivity index (χ1n) is 7.01. The summed E-state index contributed by atoms with van der Waals surface area (Å²) < 4.78 is 13.9. The number of amides is 1. The van der Waals surface area contributed by atoms with E-state index >= 15 is 0 Å². The first kappa shape index (κ1) is 18.2. The van der Waals surface area contributed by atoms with E-state index in [1.54, 1.807) is 42.3 Å². The van der Waals surface area contributed by atoms with Crippen LogP contribution in [0.25, 0.3) is 0 Å². The number of carbonyl (C=O) groups excluding carboxylic acids is 1. The van der Waals surface area contributed by atoms with Crippen LogP contribution < -0.4 is 5.32 Å². The van der Waals surface area contributed by atoms with Gasteiger partial charge in [0.2, 0.25) is 5.91 Å². The fraction of sp³-hybridized carbons (Fsp3) is 0.176. The minimum absolute atomic E-state index is 0.0691. The second-order valence-corrected chi connectivity index (χ2v) is 6.08. The van der Waals surface area contributed by atoms with Crippen molar-refractivity contribution in [2.24, 2.45) is 0 Å². The molecule has 24 heavy (non-hydrogen) atoms. The molecule has 0 fully saturated rings. The number of nitrogens with one attached hydrogen (secondary N) is 1. The van der Waals surface area contributed by atoms with Gasteiger partial charge in [0, 0.05) is 17.8 Å². The van der Waals surface area contributed by atoms with Crippen LogP contribution in [0.3, 0.4) is 0 Å². The van der Waals surface area contributed by atoms with E-state index in [0.29, 0.717) is 21.3 Å². The zero-order valence-corrected chi connectivity index (χ0v) is 14.3. The van der Waals surface area contributed by atoms with E-state index in [1.807, 2.05) is 6.07 Å². The molecule has 0 spiro atoms. The molecule has 0 bridgehead atoms. The number of carbonyl (C=O) groups is 1. The molecule has 0 aliphatic carbocycles. The molecule has 2 rings (SSSR count). The largest absolute Gasteiger partial charge is 0.325 e. The molecule has 0 aliphatic rings. The summed E-state index contributed by atoms with van der Waals surface area (Å²) in [6.45, 7) is 0.312. The van der Waals surface area contributed by atoms with Gasteiger partial charge in [-0.1, -0.05) is 29.3 Å². The number of hydrogen-bond donors (Lipinski definition) is 1. The number of nitriles is 1. The summed E-state index contributed by atoms with van der Waals surface area (Å²) in [6.07, 6.45) is 0. The van der Waals surface area contributed by atoms with Crippen LogP contribution in [0.1, 0.15) is 11.1 Å². The summed E-state index contributed by atoms with van der Waals surface area (Å²) in [6, 6.07) is 10.9. The van der Waals surface area contributed by atoms with Crippen molar-refractivity contribution in [3.63, 3.8) is 0 Å². The van der Waals surface area contributed by atoms with E-state index in [4.69, 9.17) is 28.5 Å². The Hall–Kier alpha value is -2.13. The van der Waals surface area contributed by atoms with Crippen molar-refractivity contribution in [2.45, 2.75) is 6.54 Å². The molecule has 2 aromatic carbocycles. The standard InChI is InChI=1S/C17H14Cl2FN3O/c1-23(9-12-3-2-11(8-21)6-16(12)20)10-17(24)22-13-4-5-14(18)15(19)7-13/h2-7H,9-10H2,1H3,(H,22,24). The molecule has 2 aromatic rings. The van der Waals surface area contributed by atoms with Crippen molar-refractivity contribution >= 4 is 34.8 Å². The molecule has 0 aromatic heterocycles. The molecule has 0 aliphatic heterocycles. The third-order valence-electron chi connectivity index (χ3n) is 3.24. The summed E-state index contributed by atoms with van der Waals surface area (Å²) in [5.74, 6) is -0.726. The lowest BCUT2D eigenvalue weighted by atomic mass is 10.1. The summed E-state index contributed by atoms with van der Waals surface area (Å²) >= 11 is 11.7. The number of nitrogens with zero attached hydrogens (tertiary/aromatic N) is 2. The zero-order valence-electron chi connectivity index (χ0n) is 12.8. The van der Waals surface area contributed by atoms with Gasteiger partial charge < -0.3 is 5.32 Å². The monoisotopic (exact) mass is 365 g/mol. The number of benzene rings is 2. The number of anilines is 1. The summed E-state index contributed by atoms with van der Waals surface area (Å²) in [7, 11) is 1.70. The predicted molar refractivity (Wildman–Crippen MR) is 92.5 cm³/mol. The molecule has 124 valence electrons. The van der Waals surface area contributed by atoms with Gasteiger partial charge in [-0.15, -0.1) is 0 Å². The molecule has 0 unspecified atom stereocenters. The van der Waals surface area contributed by atoms with Crippen molar-refractivity contribution in [1.29, 1.82) is 5.26 Å². The number of hydrogen-bond acceptors (Lipinski definition) is 3. The molecular weight excluding hydrogens is 352 g/mol. The summed E-state index contributed by atoms with van der Waals surface area (Å²) in [5.41, 5.74) is 1.21. The average Bonchev–Trinajstić information content (AvgIpc) is 2.52. The highest BCUT2D eigenvalue weighted by Gasteiger charge is 2.11. The second kappa shape index (κ2) is 8.11. The first-order chi connectivity index (χ1) is 11.4. The molecule has 7 heteroatoms. The van der Waals surface area contributed by atoms with Crippen molar-refractivity contribution < 1.29 is 9.18 Å². The maximum absolute atomic E-state index is 13.9.